The van der Waals surface area contributed by atoms with E-state index in [1.54, 1.807) is 0 Å². The lowest BCUT2D eigenvalue weighted by molar-refractivity contribution is 0.305. The van der Waals surface area contributed by atoms with Crippen LogP contribution in [-0.2, 0) is 13.2 Å². The molecule has 0 heterocycles. The Balaban J connectivity index is 2.02. The molecule has 0 bridgehead atoms. The number of ether oxygens (including phenoxy) is 1. The summed E-state index contributed by atoms with van der Waals surface area (Å²) in [5.74, 6) is 0.100. The summed E-state index contributed by atoms with van der Waals surface area (Å²) in [4.78, 5) is 0. The zero-order valence-corrected chi connectivity index (χ0v) is 14.0. The third kappa shape index (κ3) is 4.70. The average molecular weight is 373 g/mol. The summed E-state index contributed by atoms with van der Waals surface area (Å²) in [6.07, 6.45) is 0. The van der Waals surface area contributed by atoms with Crippen LogP contribution >= 0.6 is 27.5 Å². The molecule has 0 unspecified atom stereocenters. The maximum Gasteiger partial charge on any atom is 0.138 e. The highest BCUT2D eigenvalue weighted by Crippen LogP contribution is 2.27. The first-order valence-electron chi connectivity index (χ1n) is 6.66. The molecular weight excluding hydrogens is 357 g/mol. The first kappa shape index (κ1) is 16.3. The number of benzene rings is 2. The van der Waals surface area contributed by atoms with Gasteiger partial charge >= 0.3 is 0 Å². The number of hydrogen-bond acceptors (Lipinski definition) is 2. The second-order valence-electron chi connectivity index (χ2n) is 4.57. The van der Waals surface area contributed by atoms with Crippen molar-refractivity contribution >= 4 is 27.5 Å². The van der Waals surface area contributed by atoms with E-state index in [0.717, 1.165) is 23.1 Å². The molecule has 0 aliphatic rings. The van der Waals surface area contributed by atoms with Gasteiger partial charge in [0.05, 0.1) is 5.02 Å². The Kier molecular flexibility index (Phi) is 6.03. The Morgan fingerprint density at radius 1 is 1.24 bits per heavy atom. The SMILES string of the molecule is CCNCc1ccc(COc2ccc(F)cc2Cl)c(Br)c1. The molecule has 0 fully saturated rings. The number of halogens is 3. The monoisotopic (exact) mass is 371 g/mol. The molecule has 0 saturated carbocycles. The van der Waals surface area contributed by atoms with Gasteiger partial charge in [0.15, 0.2) is 0 Å². The van der Waals surface area contributed by atoms with Gasteiger partial charge in [-0.25, -0.2) is 4.39 Å². The summed E-state index contributed by atoms with van der Waals surface area (Å²) in [6, 6.07) is 10.2. The molecule has 0 spiro atoms. The second kappa shape index (κ2) is 7.78. The Hall–Kier alpha value is -1.10. The van der Waals surface area contributed by atoms with Crippen LogP contribution in [0.15, 0.2) is 40.9 Å². The fraction of sp³-hybridized carbons (Fsp3) is 0.250. The van der Waals surface area contributed by atoms with Crippen molar-refractivity contribution < 1.29 is 9.13 Å². The van der Waals surface area contributed by atoms with Gasteiger partial charge in [-0.3, -0.25) is 0 Å². The molecule has 0 aromatic heterocycles. The summed E-state index contributed by atoms with van der Waals surface area (Å²) in [7, 11) is 0. The molecule has 1 N–H and O–H groups in total. The standard InChI is InChI=1S/C16H16BrClFNO/c1-2-20-9-11-3-4-12(14(17)7-11)10-21-16-6-5-13(19)8-15(16)18/h3-8,20H,2,9-10H2,1H3. The summed E-state index contributed by atoms with van der Waals surface area (Å²) >= 11 is 9.47. The lowest BCUT2D eigenvalue weighted by atomic mass is 10.1. The van der Waals surface area contributed by atoms with E-state index in [2.05, 4.69) is 40.3 Å². The molecule has 0 atom stereocenters. The Morgan fingerprint density at radius 3 is 2.71 bits per heavy atom. The Bertz CT molecular complexity index is 621. The van der Waals surface area contributed by atoms with Crippen LogP contribution in [0.4, 0.5) is 4.39 Å². The van der Waals surface area contributed by atoms with Crippen molar-refractivity contribution in [1.29, 1.82) is 0 Å². The highest BCUT2D eigenvalue weighted by Gasteiger charge is 2.06. The molecule has 0 radical (unpaired) electrons. The van der Waals surface area contributed by atoms with Gasteiger partial charge in [0.1, 0.15) is 18.2 Å². The molecule has 2 aromatic carbocycles. The molecule has 5 heteroatoms. The van der Waals surface area contributed by atoms with Crippen LogP contribution < -0.4 is 10.1 Å². The van der Waals surface area contributed by atoms with E-state index in [4.69, 9.17) is 16.3 Å². The lowest BCUT2D eigenvalue weighted by Gasteiger charge is -2.11. The van der Waals surface area contributed by atoms with Crippen molar-refractivity contribution in [2.75, 3.05) is 6.54 Å². The van der Waals surface area contributed by atoms with Crippen LogP contribution in [0.2, 0.25) is 5.02 Å². The van der Waals surface area contributed by atoms with Crippen LogP contribution in [0.25, 0.3) is 0 Å². The summed E-state index contributed by atoms with van der Waals surface area (Å²) < 4.78 is 19.6. The molecule has 0 saturated heterocycles. The molecule has 2 aromatic rings. The molecule has 2 nitrogen and oxygen atoms in total. The summed E-state index contributed by atoms with van der Waals surface area (Å²) in [5.41, 5.74) is 2.21. The van der Waals surface area contributed by atoms with Crippen molar-refractivity contribution in [2.45, 2.75) is 20.1 Å². The number of nitrogens with one attached hydrogen (secondary N) is 1. The van der Waals surface area contributed by atoms with Crippen molar-refractivity contribution in [2.24, 2.45) is 0 Å². The van der Waals surface area contributed by atoms with Gasteiger partial charge in [0, 0.05) is 16.6 Å². The first-order valence-corrected chi connectivity index (χ1v) is 7.83. The van der Waals surface area contributed by atoms with Crippen LogP contribution in [0, 0.1) is 5.82 Å². The fourth-order valence-corrected chi connectivity index (χ4v) is 2.60. The smallest absolute Gasteiger partial charge is 0.138 e. The van der Waals surface area contributed by atoms with Gasteiger partial charge in [-0.2, -0.15) is 0 Å². The van der Waals surface area contributed by atoms with E-state index in [0.29, 0.717) is 12.4 Å². The minimum atomic E-state index is -0.374. The molecule has 0 aliphatic heterocycles. The lowest BCUT2D eigenvalue weighted by Crippen LogP contribution is -2.11. The van der Waals surface area contributed by atoms with Crippen molar-refractivity contribution in [1.82, 2.24) is 5.32 Å². The number of rotatable bonds is 6. The van der Waals surface area contributed by atoms with Gasteiger partial charge in [0.2, 0.25) is 0 Å². The highest BCUT2D eigenvalue weighted by molar-refractivity contribution is 9.10. The van der Waals surface area contributed by atoms with E-state index in [-0.39, 0.29) is 10.8 Å². The van der Waals surface area contributed by atoms with Crippen LogP contribution in [0.3, 0.4) is 0 Å². The average Bonchev–Trinajstić information content (AvgIpc) is 2.45. The molecule has 112 valence electrons. The van der Waals surface area contributed by atoms with Crippen LogP contribution in [-0.4, -0.2) is 6.54 Å². The maximum atomic E-state index is 13.0. The van der Waals surface area contributed by atoms with E-state index in [9.17, 15) is 4.39 Å². The molecular formula is C16H16BrClFNO. The number of hydrogen-bond donors (Lipinski definition) is 1. The summed E-state index contributed by atoms with van der Waals surface area (Å²) in [6.45, 7) is 4.21. The fourth-order valence-electron chi connectivity index (χ4n) is 1.83. The first-order chi connectivity index (χ1) is 10.1. The normalized spacial score (nSPS) is 10.7. The van der Waals surface area contributed by atoms with Gasteiger partial charge in [-0.1, -0.05) is 46.6 Å². The molecule has 0 aliphatic carbocycles. The third-order valence-electron chi connectivity index (χ3n) is 2.97. The molecule has 2 rings (SSSR count). The third-order valence-corrected chi connectivity index (χ3v) is 4.01. The van der Waals surface area contributed by atoms with E-state index in [1.807, 2.05) is 6.07 Å². The van der Waals surface area contributed by atoms with Crippen molar-refractivity contribution in [3.8, 4) is 5.75 Å². The highest BCUT2D eigenvalue weighted by atomic mass is 79.9. The largest absolute Gasteiger partial charge is 0.487 e. The van der Waals surface area contributed by atoms with E-state index in [1.165, 1.54) is 23.8 Å². The summed E-state index contributed by atoms with van der Waals surface area (Å²) in [5, 5.41) is 3.55. The Morgan fingerprint density at radius 2 is 2.05 bits per heavy atom. The quantitative estimate of drug-likeness (QED) is 0.776. The van der Waals surface area contributed by atoms with Crippen LogP contribution in [0.1, 0.15) is 18.1 Å². The van der Waals surface area contributed by atoms with Gasteiger partial charge in [-0.15, -0.1) is 0 Å². The maximum absolute atomic E-state index is 13.0. The molecule has 21 heavy (non-hydrogen) atoms. The Labute approximate surface area is 137 Å². The minimum absolute atomic E-state index is 0.273. The predicted octanol–water partition coefficient (Wildman–Crippen LogP) is 4.93. The van der Waals surface area contributed by atoms with Crippen LogP contribution in [0.5, 0.6) is 5.75 Å². The zero-order chi connectivity index (χ0) is 15.2. The van der Waals surface area contributed by atoms with Crippen molar-refractivity contribution in [3.63, 3.8) is 0 Å². The molecule has 0 amide bonds. The predicted molar refractivity (Wildman–Crippen MR) is 87.3 cm³/mol. The van der Waals surface area contributed by atoms with E-state index >= 15 is 0 Å². The minimum Gasteiger partial charge on any atom is -0.487 e. The van der Waals surface area contributed by atoms with Gasteiger partial charge in [0.25, 0.3) is 0 Å². The van der Waals surface area contributed by atoms with Crippen molar-refractivity contribution in [3.05, 3.63) is 62.8 Å². The second-order valence-corrected chi connectivity index (χ2v) is 5.83. The van der Waals surface area contributed by atoms with E-state index < -0.39 is 0 Å². The van der Waals surface area contributed by atoms with Gasteiger partial charge < -0.3 is 10.1 Å². The zero-order valence-electron chi connectivity index (χ0n) is 11.6. The van der Waals surface area contributed by atoms with Gasteiger partial charge in [-0.05, 0) is 36.4 Å². The topological polar surface area (TPSA) is 21.3 Å².